The van der Waals surface area contributed by atoms with Gasteiger partial charge < -0.3 is 24.1 Å². The van der Waals surface area contributed by atoms with E-state index in [-0.39, 0.29) is 42.6 Å². The largest absolute Gasteiger partial charge is 1.00 e. The van der Waals surface area contributed by atoms with E-state index in [0.29, 0.717) is 6.42 Å². The topological polar surface area (TPSA) is 114 Å². The number of carbonyl (C=O) groups is 1. The van der Waals surface area contributed by atoms with E-state index < -0.39 is 15.0 Å². The zero-order chi connectivity index (χ0) is 35.5. The van der Waals surface area contributed by atoms with Crippen LogP contribution in [-0.2, 0) is 45.1 Å². The van der Waals surface area contributed by atoms with Crippen molar-refractivity contribution in [2.24, 2.45) is 0 Å². The maximum Gasteiger partial charge on any atom is 1.00 e. The normalized spacial score (nSPS) is 12.4. The van der Waals surface area contributed by atoms with Crippen LogP contribution in [0.4, 0.5) is 0 Å². The maximum absolute atomic E-state index is 10.8. The second kappa shape index (κ2) is 37.0. The van der Waals surface area contributed by atoms with Crippen LogP contribution < -0.4 is 39.4 Å². The van der Waals surface area contributed by atoms with E-state index in [1.807, 2.05) is 24.3 Å². The van der Waals surface area contributed by atoms with Crippen LogP contribution in [0.5, 0.6) is 5.75 Å². The predicted molar refractivity (Wildman–Crippen MR) is 202 cm³/mol. The molecule has 0 saturated carbocycles. The third-order valence-electron chi connectivity index (χ3n) is 8.74. The van der Waals surface area contributed by atoms with Gasteiger partial charge >= 0.3 is 29.6 Å². The van der Waals surface area contributed by atoms with Gasteiger partial charge in [0.15, 0.2) is 0 Å². The predicted octanol–water partition coefficient (Wildman–Crippen LogP) is 6.30. The summed E-state index contributed by atoms with van der Waals surface area (Å²) in [6, 6.07) is 7.69. The molecular weight excluding hydrogens is 684 g/mol. The Labute approximate surface area is 332 Å². The number of rotatable bonds is 38. The van der Waals surface area contributed by atoms with Gasteiger partial charge in [0.2, 0.25) is 0 Å². The first-order valence-electron chi connectivity index (χ1n) is 19.6. The summed E-state index contributed by atoms with van der Waals surface area (Å²) in [5, 5.41) is 10.6. The Morgan fingerprint density at radius 1 is 0.560 bits per heavy atom. The third kappa shape index (κ3) is 37.5. The van der Waals surface area contributed by atoms with Crippen molar-refractivity contribution in [3.05, 3.63) is 29.8 Å². The summed E-state index contributed by atoms with van der Waals surface area (Å²) < 4.78 is 41.8. The van der Waals surface area contributed by atoms with E-state index >= 15 is 0 Å². The smallest absolute Gasteiger partial charge is 0.550 e. The molecule has 0 amide bonds. The van der Waals surface area contributed by atoms with E-state index in [0.717, 1.165) is 76.5 Å². The summed E-state index contributed by atoms with van der Waals surface area (Å²) in [5.41, 5.74) is 0.993. The van der Waals surface area contributed by atoms with Crippen molar-refractivity contribution in [3.63, 3.8) is 0 Å². The molecule has 0 saturated heterocycles. The van der Waals surface area contributed by atoms with Gasteiger partial charge in [0.25, 0.3) is 9.05 Å². The molecule has 0 aliphatic heterocycles. The Bertz CT molecular complexity index is 979. The van der Waals surface area contributed by atoms with Crippen LogP contribution >= 0.6 is 0 Å². The molecule has 0 aliphatic rings. The first-order chi connectivity index (χ1) is 23.9. The second-order valence-electron chi connectivity index (χ2n) is 13.3. The first-order valence-corrected chi connectivity index (χ1v) is 21.9. The monoisotopic (exact) mass is 752 g/mol. The summed E-state index contributed by atoms with van der Waals surface area (Å²) in [5.74, 6) is -0.164. The van der Waals surface area contributed by atoms with Crippen molar-refractivity contribution in [2.45, 2.75) is 167 Å². The van der Waals surface area contributed by atoms with E-state index in [9.17, 15) is 14.1 Å². The van der Waals surface area contributed by atoms with Crippen molar-refractivity contribution in [1.29, 1.82) is 0 Å². The summed E-state index contributed by atoms with van der Waals surface area (Å²) in [7, 11) is -3.45. The number of hydrogen-bond acceptors (Lipinski definition) is 8. The average molecular weight is 753 g/mol. The van der Waals surface area contributed by atoms with Gasteiger partial charge in [0.1, 0.15) is 5.75 Å². The number of unbranched alkanes of at least 4 members (excludes halogenated alkanes) is 21. The minimum Gasteiger partial charge on any atom is -0.550 e. The molecule has 11 heteroatoms. The van der Waals surface area contributed by atoms with Gasteiger partial charge in [0.05, 0.1) is 13.2 Å². The maximum atomic E-state index is 10.8. The number of carboxylic acid groups (broad SMARTS) is 1. The molecule has 0 fully saturated rings. The number of aliphatic carboxylic acids is 1. The van der Waals surface area contributed by atoms with Gasteiger partial charge in [0, 0.05) is 43.6 Å². The number of hydrogen-bond donors (Lipinski definition) is 1. The molecule has 50 heavy (non-hydrogen) atoms. The molecule has 1 rings (SSSR count). The molecule has 1 aromatic carbocycles. The van der Waals surface area contributed by atoms with Crippen molar-refractivity contribution in [3.8, 4) is 5.75 Å². The molecule has 1 atom stereocenters. The number of ether oxygens (including phenoxy) is 3. The SMILES string of the molecule is O=C([O-])CCc1ccc(OCCCCCCCCCCOCCCCCCCCCCOCCCCCCCCCCOS(=O)(O)=S)cc1.[Na+]. The van der Waals surface area contributed by atoms with Crippen LogP contribution in [0.25, 0.3) is 0 Å². The average Bonchev–Trinajstić information content (AvgIpc) is 3.07. The van der Waals surface area contributed by atoms with Gasteiger partial charge in [-0.1, -0.05) is 128 Å². The van der Waals surface area contributed by atoms with E-state index in [1.165, 1.54) is 122 Å². The number of benzene rings is 1. The first kappa shape index (κ1) is 49.7. The molecule has 0 aromatic heterocycles. The van der Waals surface area contributed by atoms with Crippen LogP contribution in [0.2, 0.25) is 0 Å². The van der Waals surface area contributed by atoms with E-state index in [1.54, 1.807) is 0 Å². The van der Waals surface area contributed by atoms with Crippen molar-refractivity contribution < 1.29 is 66.6 Å². The van der Waals surface area contributed by atoms with Gasteiger partial charge in [-0.3, -0.25) is 8.74 Å². The molecule has 0 heterocycles. The second-order valence-corrected chi connectivity index (χ2v) is 15.7. The zero-order valence-electron chi connectivity index (χ0n) is 31.6. The summed E-state index contributed by atoms with van der Waals surface area (Å²) >= 11 is 4.29. The third-order valence-corrected chi connectivity index (χ3v) is 9.49. The van der Waals surface area contributed by atoms with Crippen molar-refractivity contribution in [2.75, 3.05) is 39.6 Å². The molecule has 286 valence electrons. The van der Waals surface area contributed by atoms with Crippen molar-refractivity contribution in [1.82, 2.24) is 0 Å². The van der Waals surface area contributed by atoms with Gasteiger partial charge in [-0.2, -0.15) is 4.21 Å². The fraction of sp³-hybridized carbons (Fsp3) is 0.821. The number of carboxylic acids is 1. The molecule has 1 aromatic rings. The molecule has 1 unspecified atom stereocenters. The number of carbonyl (C=O) groups excluding carboxylic acids is 1. The summed E-state index contributed by atoms with van der Waals surface area (Å²) in [6.45, 7) is 4.61. The van der Waals surface area contributed by atoms with E-state index in [4.69, 9.17) is 18.8 Å². The Morgan fingerprint density at radius 2 is 0.880 bits per heavy atom. The fourth-order valence-corrected chi connectivity index (χ4v) is 6.29. The summed E-state index contributed by atoms with van der Waals surface area (Å²) in [4.78, 5) is 10.6. The van der Waals surface area contributed by atoms with Crippen molar-refractivity contribution >= 4 is 26.2 Å². The van der Waals surface area contributed by atoms with E-state index in [2.05, 4.69) is 15.4 Å². The standard InChI is InChI=1S/C39H70O8S2.Na/c40-39(41)30-27-37-25-28-38(29-26-37)46-35-23-17-11-5-3-9-15-21-33-44-31-19-13-7-1-2-8-14-20-32-45-34-22-16-10-4-6-12-18-24-36-47-49(42,43)48;/h25-26,28-29H,1-24,27,30-36H2,(H,40,41)(H,42,43,48);/q;+1/p-1. The Hall–Kier alpha value is -0.300. The molecule has 0 spiro atoms. The molecular formula is C39H69NaO8S2. The molecule has 1 N–H and O–H groups in total. The zero-order valence-corrected chi connectivity index (χ0v) is 35.2. The molecule has 0 aliphatic carbocycles. The van der Waals surface area contributed by atoms with Crippen LogP contribution in [0.3, 0.4) is 0 Å². The minimum absolute atomic E-state index is 0. The van der Waals surface area contributed by atoms with Crippen LogP contribution in [0.15, 0.2) is 24.3 Å². The van der Waals surface area contributed by atoms with Crippen LogP contribution in [0, 0.1) is 0 Å². The van der Waals surface area contributed by atoms with Gasteiger partial charge in [-0.25, -0.2) is 0 Å². The Kier molecular flexibility index (Phi) is 36.8. The summed E-state index contributed by atoms with van der Waals surface area (Å²) in [6.07, 6.45) is 29.7. The van der Waals surface area contributed by atoms with Gasteiger partial charge in [-0.05, 0) is 69.1 Å². The van der Waals surface area contributed by atoms with Gasteiger partial charge in [-0.15, -0.1) is 0 Å². The Morgan fingerprint density at radius 3 is 1.22 bits per heavy atom. The molecule has 0 bridgehead atoms. The molecule has 0 radical (unpaired) electrons. The van der Waals surface area contributed by atoms with Crippen LogP contribution in [-0.4, -0.2) is 54.4 Å². The number of aryl methyl sites for hydroxylation is 1. The molecule has 8 nitrogen and oxygen atoms in total. The quantitative estimate of drug-likeness (QED) is 0.0615. The minimum atomic E-state index is -3.45. The van der Waals surface area contributed by atoms with Crippen LogP contribution in [0.1, 0.15) is 166 Å². The fourth-order valence-electron chi connectivity index (χ4n) is 5.76. The Balaban J connectivity index is 0.0000240.